The van der Waals surface area contributed by atoms with Gasteiger partial charge in [-0.25, -0.2) is 0 Å². The minimum Gasteiger partial charge on any atom is -0.508 e. The van der Waals surface area contributed by atoms with E-state index in [-0.39, 0.29) is 5.75 Å². The summed E-state index contributed by atoms with van der Waals surface area (Å²) in [4.78, 5) is 0. The first-order valence-electron chi connectivity index (χ1n) is 10.5. The lowest BCUT2D eigenvalue weighted by Crippen LogP contribution is -1.85. The van der Waals surface area contributed by atoms with Gasteiger partial charge in [-0.2, -0.15) is 0 Å². The van der Waals surface area contributed by atoms with Crippen molar-refractivity contribution in [2.75, 3.05) is 0 Å². The van der Waals surface area contributed by atoms with Crippen LogP contribution in [0.2, 0.25) is 0 Å². The van der Waals surface area contributed by atoms with Gasteiger partial charge in [0.2, 0.25) is 0 Å². The Morgan fingerprint density at radius 2 is 0.774 bits per heavy atom. The van der Waals surface area contributed by atoms with E-state index in [1.54, 1.807) is 12.1 Å². The normalized spacial score (nSPS) is 11.4. The smallest absolute Gasteiger partial charge is 0.116 e. The Balaban J connectivity index is 1.59. The van der Waals surface area contributed by atoms with E-state index in [1.165, 1.54) is 43.4 Å². The topological polar surface area (TPSA) is 20.2 Å². The molecule has 1 heteroatoms. The minimum atomic E-state index is 0.284. The second-order valence-electron chi connectivity index (χ2n) is 7.98. The average molecular weight is 396 g/mol. The van der Waals surface area contributed by atoms with Crippen LogP contribution < -0.4 is 0 Å². The van der Waals surface area contributed by atoms with E-state index in [0.717, 1.165) is 11.1 Å². The van der Waals surface area contributed by atoms with Gasteiger partial charge in [0.1, 0.15) is 5.75 Å². The molecule has 146 valence electrons. The second kappa shape index (κ2) is 7.00. The molecule has 0 unspecified atom stereocenters. The van der Waals surface area contributed by atoms with Crippen molar-refractivity contribution in [1.29, 1.82) is 0 Å². The fourth-order valence-electron chi connectivity index (χ4n) is 4.65. The van der Waals surface area contributed by atoms with Gasteiger partial charge in [0.15, 0.2) is 0 Å². The third kappa shape index (κ3) is 2.94. The summed E-state index contributed by atoms with van der Waals surface area (Å²) in [5.41, 5.74) is 4.46. The van der Waals surface area contributed by atoms with Crippen LogP contribution in [0.4, 0.5) is 0 Å². The lowest BCUT2D eigenvalue weighted by atomic mass is 9.91. The highest BCUT2D eigenvalue weighted by Gasteiger charge is 2.10. The van der Waals surface area contributed by atoms with E-state index >= 15 is 0 Å². The van der Waals surface area contributed by atoms with Crippen LogP contribution >= 0.6 is 0 Å². The summed E-state index contributed by atoms with van der Waals surface area (Å²) in [6.45, 7) is 0. The molecule has 0 bridgehead atoms. The van der Waals surface area contributed by atoms with Crippen LogP contribution in [-0.4, -0.2) is 5.11 Å². The fourth-order valence-corrected chi connectivity index (χ4v) is 4.65. The summed E-state index contributed by atoms with van der Waals surface area (Å²) in [5, 5.41) is 17.6. The molecule has 6 rings (SSSR count). The molecule has 1 N–H and O–H groups in total. The highest BCUT2D eigenvalue weighted by molar-refractivity contribution is 6.25. The Morgan fingerprint density at radius 1 is 0.323 bits per heavy atom. The summed E-state index contributed by atoms with van der Waals surface area (Å²) in [5.74, 6) is 0.284. The number of benzene rings is 6. The first-order chi connectivity index (χ1) is 15.3. The van der Waals surface area contributed by atoms with Crippen LogP contribution in [-0.2, 0) is 0 Å². The van der Waals surface area contributed by atoms with E-state index < -0.39 is 0 Å². The number of fused-ring (bicyclic) bond motifs is 6. The Bertz CT molecular complexity index is 1560. The van der Waals surface area contributed by atoms with Gasteiger partial charge in [-0.15, -0.1) is 0 Å². The van der Waals surface area contributed by atoms with Crippen LogP contribution in [0.3, 0.4) is 0 Å². The molecule has 0 aromatic heterocycles. The lowest BCUT2D eigenvalue weighted by molar-refractivity contribution is 0.475. The summed E-state index contributed by atoms with van der Waals surface area (Å²) < 4.78 is 0. The molecule has 0 heterocycles. The molecule has 0 aliphatic heterocycles. The molecule has 0 amide bonds. The standard InChI is InChI=1S/C30H20O/c31-24-10-6-9-22(18-24)20-7-5-8-21(17-20)23-15-16-29-27-13-2-1-11-25(27)26-12-3-4-14-28(26)30(29)19-23/h1-19,31H. The molecule has 0 radical (unpaired) electrons. The highest BCUT2D eigenvalue weighted by atomic mass is 16.3. The summed E-state index contributed by atoms with van der Waals surface area (Å²) in [7, 11) is 0. The largest absolute Gasteiger partial charge is 0.508 e. The molecule has 6 aromatic rings. The molecule has 0 saturated heterocycles. The van der Waals surface area contributed by atoms with Crippen LogP contribution in [0.5, 0.6) is 5.75 Å². The van der Waals surface area contributed by atoms with E-state index in [4.69, 9.17) is 0 Å². The molecular weight excluding hydrogens is 376 g/mol. The molecular formula is C30H20O. The first kappa shape index (κ1) is 17.7. The Kier molecular flexibility index (Phi) is 4.00. The van der Waals surface area contributed by atoms with Gasteiger partial charge in [-0.05, 0) is 78.8 Å². The fraction of sp³-hybridized carbons (Fsp3) is 0. The second-order valence-corrected chi connectivity index (χ2v) is 7.98. The quantitative estimate of drug-likeness (QED) is 0.293. The van der Waals surface area contributed by atoms with Crippen LogP contribution in [0.1, 0.15) is 0 Å². The Hall–Kier alpha value is -4.10. The Morgan fingerprint density at radius 3 is 1.35 bits per heavy atom. The number of hydrogen-bond donors (Lipinski definition) is 1. The number of rotatable bonds is 2. The highest BCUT2D eigenvalue weighted by Crippen LogP contribution is 2.37. The number of phenolic OH excluding ortho intramolecular Hbond substituents is 1. The van der Waals surface area contributed by atoms with Crippen LogP contribution in [0.25, 0.3) is 54.6 Å². The maximum absolute atomic E-state index is 9.87. The van der Waals surface area contributed by atoms with Gasteiger partial charge >= 0.3 is 0 Å². The van der Waals surface area contributed by atoms with Gasteiger partial charge in [-0.3, -0.25) is 0 Å². The number of aromatic hydroxyl groups is 1. The van der Waals surface area contributed by atoms with Crippen molar-refractivity contribution >= 4 is 32.3 Å². The molecule has 0 aliphatic rings. The average Bonchev–Trinajstić information content (AvgIpc) is 2.84. The van der Waals surface area contributed by atoms with Crippen molar-refractivity contribution in [2.45, 2.75) is 0 Å². The SMILES string of the molecule is Oc1cccc(-c2cccc(-c3ccc4c5ccccc5c5ccccc5c4c3)c2)c1. The molecule has 0 atom stereocenters. The first-order valence-corrected chi connectivity index (χ1v) is 10.5. The van der Waals surface area contributed by atoms with E-state index in [1.807, 2.05) is 12.1 Å². The van der Waals surface area contributed by atoms with E-state index in [2.05, 4.69) is 91.0 Å². The molecule has 0 saturated carbocycles. The van der Waals surface area contributed by atoms with Gasteiger partial charge in [0, 0.05) is 0 Å². The molecule has 6 aromatic carbocycles. The predicted molar refractivity (Wildman–Crippen MR) is 131 cm³/mol. The third-order valence-electron chi connectivity index (χ3n) is 6.12. The summed E-state index contributed by atoms with van der Waals surface area (Å²) in [6.07, 6.45) is 0. The van der Waals surface area contributed by atoms with E-state index in [0.29, 0.717) is 0 Å². The monoisotopic (exact) mass is 396 g/mol. The van der Waals surface area contributed by atoms with Gasteiger partial charge < -0.3 is 5.11 Å². The predicted octanol–water partition coefficient (Wildman–Crippen LogP) is 8.19. The van der Waals surface area contributed by atoms with E-state index in [9.17, 15) is 5.11 Å². The summed E-state index contributed by atoms with van der Waals surface area (Å²) >= 11 is 0. The molecule has 1 nitrogen and oxygen atoms in total. The number of hydrogen-bond acceptors (Lipinski definition) is 1. The molecule has 31 heavy (non-hydrogen) atoms. The zero-order chi connectivity index (χ0) is 20.8. The van der Waals surface area contributed by atoms with Crippen molar-refractivity contribution < 1.29 is 5.11 Å². The maximum atomic E-state index is 9.87. The van der Waals surface area contributed by atoms with Crippen molar-refractivity contribution in [2.24, 2.45) is 0 Å². The summed E-state index contributed by atoms with van der Waals surface area (Å²) in [6, 6.07) is 40.0. The Labute approximate surface area is 180 Å². The lowest BCUT2D eigenvalue weighted by Gasteiger charge is -2.12. The number of phenols is 1. The van der Waals surface area contributed by atoms with Crippen LogP contribution in [0, 0.1) is 0 Å². The van der Waals surface area contributed by atoms with Gasteiger partial charge in [-0.1, -0.05) is 91.0 Å². The van der Waals surface area contributed by atoms with Crippen molar-refractivity contribution in [1.82, 2.24) is 0 Å². The zero-order valence-corrected chi connectivity index (χ0v) is 16.9. The maximum Gasteiger partial charge on any atom is 0.116 e. The zero-order valence-electron chi connectivity index (χ0n) is 16.9. The third-order valence-corrected chi connectivity index (χ3v) is 6.12. The van der Waals surface area contributed by atoms with Gasteiger partial charge in [0.25, 0.3) is 0 Å². The molecule has 0 fully saturated rings. The van der Waals surface area contributed by atoms with Crippen molar-refractivity contribution in [3.05, 3.63) is 115 Å². The van der Waals surface area contributed by atoms with Crippen LogP contribution in [0.15, 0.2) is 115 Å². The molecule has 0 spiro atoms. The molecule has 0 aliphatic carbocycles. The van der Waals surface area contributed by atoms with Crippen molar-refractivity contribution in [3.63, 3.8) is 0 Å². The minimum absolute atomic E-state index is 0.284. The van der Waals surface area contributed by atoms with Gasteiger partial charge in [0.05, 0.1) is 0 Å². The van der Waals surface area contributed by atoms with Crippen molar-refractivity contribution in [3.8, 4) is 28.0 Å².